The first-order chi connectivity index (χ1) is 11.8. The van der Waals surface area contributed by atoms with Crippen LogP contribution in [0.5, 0.6) is 0 Å². The molecule has 3 atom stereocenters. The first-order valence-electron chi connectivity index (χ1n) is 8.92. The lowest BCUT2D eigenvalue weighted by Gasteiger charge is -2.32. The zero-order chi connectivity index (χ0) is 16.4. The smallest absolute Gasteiger partial charge is 0.230 e. The van der Waals surface area contributed by atoms with Crippen molar-refractivity contribution in [3.8, 4) is 0 Å². The van der Waals surface area contributed by atoms with Crippen molar-refractivity contribution in [2.24, 2.45) is 0 Å². The zero-order valence-electron chi connectivity index (χ0n) is 13.8. The molecule has 4 nitrogen and oxygen atoms in total. The van der Waals surface area contributed by atoms with E-state index in [9.17, 15) is 5.11 Å². The van der Waals surface area contributed by atoms with Crippen molar-refractivity contribution in [3.05, 3.63) is 60.1 Å². The minimum absolute atomic E-state index is 0.0233. The molecule has 4 rings (SSSR count). The summed E-state index contributed by atoms with van der Waals surface area (Å²) >= 11 is 0. The van der Waals surface area contributed by atoms with Gasteiger partial charge >= 0.3 is 0 Å². The van der Waals surface area contributed by atoms with Gasteiger partial charge in [-0.1, -0.05) is 56.0 Å². The highest BCUT2D eigenvalue weighted by molar-refractivity contribution is 5.25. The van der Waals surface area contributed by atoms with Gasteiger partial charge in [0.1, 0.15) is 5.76 Å². The maximum Gasteiger partial charge on any atom is 0.230 e. The van der Waals surface area contributed by atoms with Crippen LogP contribution in [0.15, 0.2) is 53.1 Å². The first-order valence-corrected chi connectivity index (χ1v) is 8.92. The van der Waals surface area contributed by atoms with Gasteiger partial charge in [0.2, 0.25) is 5.79 Å². The summed E-state index contributed by atoms with van der Waals surface area (Å²) in [5, 5.41) is 11.1. The SMILES string of the molecule is OC(c1ccco1)C1(c2ccccc2)O[C@@H]2CCCCCC[C@H]2O1. The number of ether oxygens (including phenoxy) is 2. The third kappa shape index (κ3) is 2.79. The summed E-state index contributed by atoms with van der Waals surface area (Å²) in [6.07, 6.45) is 7.34. The summed E-state index contributed by atoms with van der Waals surface area (Å²) < 4.78 is 18.3. The van der Waals surface area contributed by atoms with E-state index in [2.05, 4.69) is 0 Å². The number of fused-ring (bicyclic) bond motifs is 1. The summed E-state index contributed by atoms with van der Waals surface area (Å²) in [6.45, 7) is 0. The number of hydrogen-bond acceptors (Lipinski definition) is 4. The Kier molecular flexibility index (Phi) is 4.44. The maximum atomic E-state index is 11.1. The van der Waals surface area contributed by atoms with E-state index in [1.165, 1.54) is 12.8 Å². The molecule has 1 saturated carbocycles. The van der Waals surface area contributed by atoms with Gasteiger partial charge in [-0.15, -0.1) is 0 Å². The number of hydrogen-bond donors (Lipinski definition) is 1. The van der Waals surface area contributed by atoms with Crippen molar-refractivity contribution in [2.75, 3.05) is 0 Å². The number of benzene rings is 1. The van der Waals surface area contributed by atoms with Crippen molar-refractivity contribution in [1.29, 1.82) is 0 Å². The average Bonchev–Trinajstić information content (AvgIpc) is 3.24. The lowest BCUT2D eigenvalue weighted by atomic mass is 9.96. The number of furan rings is 1. The fraction of sp³-hybridized carbons (Fsp3) is 0.500. The van der Waals surface area contributed by atoms with Crippen LogP contribution >= 0.6 is 0 Å². The third-order valence-corrected chi connectivity index (χ3v) is 5.14. The highest BCUT2D eigenvalue weighted by Crippen LogP contribution is 2.49. The van der Waals surface area contributed by atoms with Crippen LogP contribution < -0.4 is 0 Å². The molecule has 2 aliphatic rings. The van der Waals surface area contributed by atoms with Gasteiger partial charge in [0.15, 0.2) is 6.10 Å². The zero-order valence-corrected chi connectivity index (χ0v) is 13.8. The van der Waals surface area contributed by atoms with Gasteiger partial charge < -0.3 is 19.0 Å². The van der Waals surface area contributed by atoms with Gasteiger partial charge in [-0.25, -0.2) is 0 Å². The van der Waals surface area contributed by atoms with E-state index < -0.39 is 11.9 Å². The Morgan fingerprint density at radius 1 is 0.875 bits per heavy atom. The van der Waals surface area contributed by atoms with Gasteiger partial charge in [0.05, 0.1) is 18.5 Å². The van der Waals surface area contributed by atoms with E-state index >= 15 is 0 Å². The molecule has 1 saturated heterocycles. The van der Waals surface area contributed by atoms with E-state index in [0.29, 0.717) is 5.76 Å². The predicted molar refractivity (Wildman–Crippen MR) is 89.2 cm³/mol. The Bertz CT molecular complexity index is 621. The molecule has 0 spiro atoms. The van der Waals surface area contributed by atoms with Gasteiger partial charge in [0, 0.05) is 5.56 Å². The van der Waals surface area contributed by atoms with E-state index in [1.54, 1.807) is 18.4 Å². The second-order valence-electron chi connectivity index (χ2n) is 6.76. The average molecular weight is 328 g/mol. The second kappa shape index (κ2) is 6.71. The number of aliphatic hydroxyl groups excluding tert-OH is 1. The second-order valence-corrected chi connectivity index (χ2v) is 6.76. The molecule has 0 amide bonds. The molecule has 2 fully saturated rings. The lowest BCUT2D eigenvalue weighted by Crippen LogP contribution is -2.35. The van der Waals surface area contributed by atoms with Crippen LogP contribution in [0.25, 0.3) is 0 Å². The van der Waals surface area contributed by atoms with Crippen molar-refractivity contribution in [2.45, 2.75) is 62.6 Å². The van der Waals surface area contributed by atoms with Crippen molar-refractivity contribution >= 4 is 0 Å². The largest absolute Gasteiger partial charge is 0.466 e. The van der Waals surface area contributed by atoms with Gasteiger partial charge in [-0.05, 0) is 25.0 Å². The van der Waals surface area contributed by atoms with Crippen LogP contribution in [0.2, 0.25) is 0 Å². The molecule has 128 valence electrons. The molecule has 0 bridgehead atoms. The number of aliphatic hydroxyl groups is 1. The van der Waals surface area contributed by atoms with Crippen LogP contribution in [-0.4, -0.2) is 17.3 Å². The molecule has 4 heteroatoms. The highest BCUT2D eigenvalue weighted by Gasteiger charge is 2.54. The summed E-state index contributed by atoms with van der Waals surface area (Å²) in [7, 11) is 0. The quantitative estimate of drug-likeness (QED) is 0.912. The molecule has 2 heterocycles. The van der Waals surface area contributed by atoms with E-state index in [-0.39, 0.29) is 12.2 Å². The molecule has 24 heavy (non-hydrogen) atoms. The molecule has 2 aromatic rings. The fourth-order valence-corrected chi connectivity index (χ4v) is 3.89. The van der Waals surface area contributed by atoms with E-state index in [4.69, 9.17) is 13.9 Å². The van der Waals surface area contributed by atoms with Gasteiger partial charge in [0.25, 0.3) is 0 Å². The Labute approximate surface area is 142 Å². The highest BCUT2D eigenvalue weighted by atomic mass is 16.8. The summed E-state index contributed by atoms with van der Waals surface area (Å²) in [4.78, 5) is 0. The van der Waals surface area contributed by atoms with Crippen molar-refractivity contribution in [1.82, 2.24) is 0 Å². The summed E-state index contributed by atoms with van der Waals surface area (Å²) in [6, 6.07) is 13.3. The molecule has 1 unspecified atom stereocenters. The predicted octanol–water partition coefficient (Wildman–Crippen LogP) is 4.30. The summed E-state index contributed by atoms with van der Waals surface area (Å²) in [5.74, 6) is -0.730. The van der Waals surface area contributed by atoms with Gasteiger partial charge in [-0.3, -0.25) is 0 Å². The van der Waals surface area contributed by atoms with Crippen LogP contribution in [0.4, 0.5) is 0 Å². The van der Waals surface area contributed by atoms with E-state index in [1.807, 2.05) is 30.3 Å². The molecule has 1 aromatic heterocycles. The minimum atomic E-state index is -1.20. The number of rotatable bonds is 3. The fourth-order valence-electron chi connectivity index (χ4n) is 3.89. The minimum Gasteiger partial charge on any atom is -0.466 e. The third-order valence-electron chi connectivity index (χ3n) is 5.14. The monoisotopic (exact) mass is 328 g/mol. The molecule has 1 N–H and O–H groups in total. The maximum absolute atomic E-state index is 11.1. The summed E-state index contributed by atoms with van der Waals surface area (Å²) in [5.41, 5.74) is 0.834. The van der Waals surface area contributed by atoms with Crippen LogP contribution in [0.3, 0.4) is 0 Å². The van der Waals surface area contributed by atoms with E-state index in [0.717, 1.165) is 31.2 Å². The molecule has 1 aromatic carbocycles. The lowest BCUT2D eigenvalue weighted by molar-refractivity contribution is -0.251. The Hall–Kier alpha value is -1.62. The van der Waals surface area contributed by atoms with Crippen molar-refractivity contribution < 1.29 is 19.0 Å². The Morgan fingerprint density at radius 2 is 1.54 bits per heavy atom. The Morgan fingerprint density at radius 3 is 2.12 bits per heavy atom. The molecular formula is C20H24O4. The molecule has 1 aliphatic carbocycles. The molecule has 0 radical (unpaired) electrons. The van der Waals surface area contributed by atoms with Crippen molar-refractivity contribution in [3.63, 3.8) is 0 Å². The van der Waals surface area contributed by atoms with Crippen LogP contribution in [0, 0.1) is 0 Å². The normalized spacial score (nSPS) is 27.9. The molecular weight excluding hydrogens is 304 g/mol. The Balaban J connectivity index is 1.72. The first kappa shape index (κ1) is 15.9. The standard InChI is InChI=1S/C20H24O4/c21-19(18-13-8-14-22-18)20(15-9-4-3-5-10-15)23-16-11-6-1-2-7-12-17(16)24-20/h3-5,8-10,13-14,16-17,19,21H,1-2,6-7,11-12H2/t16-,17-,19?/m1/s1. The van der Waals surface area contributed by atoms with Crippen LogP contribution in [-0.2, 0) is 15.3 Å². The molecule has 1 aliphatic heterocycles. The van der Waals surface area contributed by atoms with Gasteiger partial charge in [-0.2, -0.15) is 0 Å². The van der Waals surface area contributed by atoms with Crippen LogP contribution in [0.1, 0.15) is 56.0 Å². The topological polar surface area (TPSA) is 51.8 Å².